The highest BCUT2D eigenvalue weighted by molar-refractivity contribution is 7.89. The first-order chi connectivity index (χ1) is 15.0. The topological polar surface area (TPSA) is 88.6 Å². The molecule has 0 bridgehead atoms. The summed E-state index contributed by atoms with van der Waals surface area (Å²) in [6, 6.07) is 12.3. The molecule has 0 spiro atoms. The molecule has 2 aromatic rings. The van der Waals surface area contributed by atoms with Gasteiger partial charge in [0.05, 0.1) is 16.9 Å². The van der Waals surface area contributed by atoms with Gasteiger partial charge < -0.3 is 10.1 Å². The van der Waals surface area contributed by atoms with Gasteiger partial charge in [-0.25, -0.2) is 8.42 Å². The van der Waals surface area contributed by atoms with E-state index in [-0.39, 0.29) is 35.4 Å². The predicted molar refractivity (Wildman–Crippen MR) is 117 cm³/mol. The van der Waals surface area contributed by atoms with Crippen molar-refractivity contribution in [1.82, 2.24) is 14.6 Å². The zero-order valence-electron chi connectivity index (χ0n) is 17.5. The maximum Gasteiger partial charge on any atom is 0.243 e. The van der Waals surface area contributed by atoms with Gasteiger partial charge in [0, 0.05) is 31.5 Å². The molecule has 1 N–H and O–H groups in total. The Morgan fingerprint density at radius 2 is 1.71 bits per heavy atom. The second-order valence-electron chi connectivity index (χ2n) is 8.30. The van der Waals surface area contributed by atoms with Crippen LogP contribution in [0.2, 0.25) is 0 Å². The standard InChI is InChI=1S/C23H29N3O4S/c27-23(25-19-8-10-20(11-9-19)30-21-12-14-24-15-13-21)18-5-4-16-26(17-18)31(28,29)22-6-2-1-3-7-22/h1-3,6-7,12-15,18-20H,4-5,8-11,16-17H2,(H,25,27)/t18-,19?,20?/m0/s1. The molecule has 2 fully saturated rings. The lowest BCUT2D eigenvalue weighted by molar-refractivity contribution is -0.127. The van der Waals surface area contributed by atoms with Gasteiger partial charge in [0.25, 0.3) is 0 Å². The summed E-state index contributed by atoms with van der Waals surface area (Å²) in [4.78, 5) is 17.2. The second-order valence-corrected chi connectivity index (χ2v) is 10.2. The SMILES string of the molecule is O=C(NC1CCC(Oc2ccncc2)CC1)[C@H]1CCCN(S(=O)(=O)c2ccccc2)C1. The molecule has 7 nitrogen and oxygen atoms in total. The van der Waals surface area contributed by atoms with E-state index in [1.807, 2.05) is 12.1 Å². The van der Waals surface area contributed by atoms with Crippen LogP contribution in [0.1, 0.15) is 38.5 Å². The molecule has 1 amide bonds. The highest BCUT2D eigenvalue weighted by atomic mass is 32.2. The fourth-order valence-electron chi connectivity index (χ4n) is 4.37. The Balaban J connectivity index is 1.28. The van der Waals surface area contributed by atoms with Crippen LogP contribution in [0, 0.1) is 5.92 Å². The van der Waals surface area contributed by atoms with Crippen molar-refractivity contribution in [2.24, 2.45) is 5.92 Å². The summed E-state index contributed by atoms with van der Waals surface area (Å²) in [6.45, 7) is 0.696. The van der Waals surface area contributed by atoms with Gasteiger partial charge in [-0.3, -0.25) is 9.78 Å². The van der Waals surface area contributed by atoms with Gasteiger partial charge in [0.1, 0.15) is 5.75 Å². The Bertz CT molecular complexity index is 961. The third-order valence-corrected chi connectivity index (χ3v) is 7.99. The number of hydrogen-bond donors (Lipinski definition) is 1. The maximum atomic E-state index is 12.9. The summed E-state index contributed by atoms with van der Waals surface area (Å²) in [5.74, 6) is 0.480. The number of carbonyl (C=O) groups excluding carboxylic acids is 1. The molecule has 8 heteroatoms. The molecule has 4 rings (SSSR count). The van der Waals surface area contributed by atoms with Crippen LogP contribution in [0.3, 0.4) is 0 Å². The van der Waals surface area contributed by atoms with Gasteiger partial charge in [0.15, 0.2) is 0 Å². The summed E-state index contributed by atoms with van der Waals surface area (Å²) in [7, 11) is -3.57. The van der Waals surface area contributed by atoms with Crippen molar-refractivity contribution in [2.45, 2.75) is 55.6 Å². The normalized spacial score (nSPS) is 25.0. The number of hydrogen-bond acceptors (Lipinski definition) is 5. The summed E-state index contributed by atoms with van der Waals surface area (Å²) in [5, 5.41) is 3.16. The maximum absolute atomic E-state index is 12.9. The molecule has 1 saturated carbocycles. The zero-order chi connectivity index (χ0) is 21.7. The molecule has 1 aliphatic heterocycles. The molecule has 0 unspecified atom stereocenters. The average Bonchev–Trinajstić information content (AvgIpc) is 2.82. The number of amides is 1. The van der Waals surface area contributed by atoms with Crippen molar-refractivity contribution in [3.63, 3.8) is 0 Å². The molecule has 1 atom stereocenters. The molecular formula is C23H29N3O4S. The van der Waals surface area contributed by atoms with Gasteiger partial charge >= 0.3 is 0 Å². The molecule has 0 radical (unpaired) electrons. The zero-order valence-corrected chi connectivity index (χ0v) is 18.3. The molecule has 166 valence electrons. The van der Waals surface area contributed by atoms with Gasteiger partial charge in [-0.2, -0.15) is 4.31 Å². The molecule has 1 aromatic carbocycles. The Labute approximate surface area is 183 Å². The minimum absolute atomic E-state index is 0.0357. The van der Waals surface area contributed by atoms with Crippen molar-refractivity contribution in [3.05, 3.63) is 54.9 Å². The summed E-state index contributed by atoms with van der Waals surface area (Å²) in [6.07, 6.45) is 8.47. The van der Waals surface area contributed by atoms with E-state index < -0.39 is 10.0 Å². The van der Waals surface area contributed by atoms with Gasteiger partial charge in [-0.1, -0.05) is 18.2 Å². The number of aromatic nitrogens is 1. The van der Waals surface area contributed by atoms with E-state index in [0.717, 1.165) is 31.4 Å². The first kappa shape index (κ1) is 21.8. The molecular weight excluding hydrogens is 414 g/mol. The summed E-state index contributed by atoms with van der Waals surface area (Å²) < 4.78 is 33.3. The van der Waals surface area contributed by atoms with Crippen LogP contribution in [-0.2, 0) is 14.8 Å². The fourth-order valence-corrected chi connectivity index (χ4v) is 5.91. The Morgan fingerprint density at radius 3 is 2.42 bits per heavy atom. The van der Waals surface area contributed by atoms with Crippen molar-refractivity contribution in [2.75, 3.05) is 13.1 Å². The van der Waals surface area contributed by atoms with E-state index in [1.165, 1.54) is 4.31 Å². The number of benzene rings is 1. The molecule has 31 heavy (non-hydrogen) atoms. The highest BCUT2D eigenvalue weighted by Crippen LogP contribution is 2.26. The molecule has 1 aromatic heterocycles. The third kappa shape index (κ3) is 5.43. The average molecular weight is 444 g/mol. The number of ether oxygens (including phenoxy) is 1. The van der Waals surface area contributed by atoms with Gasteiger partial charge in [0.2, 0.25) is 15.9 Å². The van der Waals surface area contributed by atoms with Crippen LogP contribution in [-0.4, -0.2) is 48.8 Å². The van der Waals surface area contributed by atoms with Crippen LogP contribution in [0.15, 0.2) is 59.8 Å². The molecule has 2 aliphatic rings. The van der Waals surface area contributed by atoms with E-state index in [0.29, 0.717) is 19.4 Å². The Hall–Kier alpha value is -2.45. The number of nitrogens with zero attached hydrogens (tertiary/aromatic N) is 2. The van der Waals surface area contributed by atoms with Crippen molar-refractivity contribution < 1.29 is 17.9 Å². The number of sulfonamides is 1. The van der Waals surface area contributed by atoms with Crippen LogP contribution in [0.4, 0.5) is 0 Å². The summed E-state index contributed by atoms with van der Waals surface area (Å²) >= 11 is 0. The van der Waals surface area contributed by atoms with E-state index in [2.05, 4.69) is 10.3 Å². The Morgan fingerprint density at radius 1 is 1.00 bits per heavy atom. The quantitative estimate of drug-likeness (QED) is 0.742. The van der Waals surface area contributed by atoms with E-state index in [1.54, 1.807) is 42.7 Å². The third-order valence-electron chi connectivity index (χ3n) is 6.11. The van der Waals surface area contributed by atoms with Crippen molar-refractivity contribution in [3.8, 4) is 5.75 Å². The smallest absolute Gasteiger partial charge is 0.243 e. The lowest BCUT2D eigenvalue weighted by Gasteiger charge is -2.34. The largest absolute Gasteiger partial charge is 0.490 e. The monoisotopic (exact) mass is 443 g/mol. The predicted octanol–water partition coefficient (Wildman–Crippen LogP) is 2.99. The molecule has 2 heterocycles. The van der Waals surface area contributed by atoms with Crippen LogP contribution in [0.5, 0.6) is 5.75 Å². The fraction of sp³-hybridized carbons (Fsp3) is 0.478. The number of nitrogens with one attached hydrogen (secondary N) is 1. The van der Waals surface area contributed by atoms with Crippen LogP contribution in [0.25, 0.3) is 0 Å². The van der Waals surface area contributed by atoms with Crippen molar-refractivity contribution >= 4 is 15.9 Å². The highest BCUT2D eigenvalue weighted by Gasteiger charge is 2.34. The number of rotatable bonds is 6. The molecule has 1 aliphatic carbocycles. The second kappa shape index (κ2) is 9.78. The first-order valence-electron chi connectivity index (χ1n) is 10.9. The van der Waals surface area contributed by atoms with E-state index in [9.17, 15) is 13.2 Å². The minimum atomic E-state index is -3.57. The number of piperidine rings is 1. The van der Waals surface area contributed by atoms with Gasteiger partial charge in [-0.05, 0) is 62.8 Å². The molecule has 1 saturated heterocycles. The van der Waals surface area contributed by atoms with Gasteiger partial charge in [-0.15, -0.1) is 0 Å². The van der Waals surface area contributed by atoms with Crippen molar-refractivity contribution in [1.29, 1.82) is 0 Å². The van der Waals surface area contributed by atoms with E-state index in [4.69, 9.17) is 4.74 Å². The minimum Gasteiger partial charge on any atom is -0.490 e. The summed E-state index contributed by atoms with van der Waals surface area (Å²) in [5.41, 5.74) is 0. The number of pyridine rings is 1. The Kier molecular flexibility index (Phi) is 6.87. The first-order valence-corrected chi connectivity index (χ1v) is 12.4. The van der Waals surface area contributed by atoms with Crippen LogP contribution >= 0.6 is 0 Å². The van der Waals surface area contributed by atoms with Crippen LogP contribution < -0.4 is 10.1 Å². The number of carbonyl (C=O) groups is 1. The van der Waals surface area contributed by atoms with E-state index >= 15 is 0 Å². The lowest BCUT2D eigenvalue weighted by Crippen LogP contribution is -2.48. The lowest BCUT2D eigenvalue weighted by atomic mass is 9.91.